The minimum absolute atomic E-state index is 0.0375. The summed E-state index contributed by atoms with van der Waals surface area (Å²) in [6, 6.07) is 18.9. The summed E-state index contributed by atoms with van der Waals surface area (Å²) in [6.45, 7) is 0. The number of anilines is 1. The molecule has 3 aromatic carbocycles. The van der Waals surface area contributed by atoms with Gasteiger partial charge in [-0.2, -0.15) is 0 Å². The second kappa shape index (κ2) is 8.00. The molecule has 3 aromatic rings. The van der Waals surface area contributed by atoms with Gasteiger partial charge in [-0.05, 0) is 35.9 Å². The van der Waals surface area contributed by atoms with Crippen LogP contribution >= 0.6 is 11.8 Å². The molecule has 3 aliphatic heterocycles. The van der Waals surface area contributed by atoms with Crippen LogP contribution in [0.1, 0.15) is 27.4 Å². The Balaban J connectivity index is 1.58. The van der Waals surface area contributed by atoms with E-state index in [2.05, 4.69) is 10.2 Å². The van der Waals surface area contributed by atoms with E-state index in [4.69, 9.17) is 0 Å². The fourth-order valence-electron chi connectivity index (χ4n) is 6.02. The first kappa shape index (κ1) is 21.9. The molecule has 0 aromatic heterocycles. The van der Waals surface area contributed by atoms with Gasteiger partial charge in [-0.1, -0.05) is 30.3 Å². The summed E-state index contributed by atoms with van der Waals surface area (Å²) in [7, 11) is 0. The zero-order chi connectivity index (χ0) is 24.3. The van der Waals surface area contributed by atoms with Gasteiger partial charge in [-0.3, -0.25) is 24.6 Å². The number of hydrogen-bond acceptors (Lipinski definition) is 6. The highest BCUT2D eigenvalue weighted by molar-refractivity contribution is 7.99. The fourth-order valence-corrected chi connectivity index (χ4v) is 7.34. The molecule has 4 atom stereocenters. The number of carbonyl (C=O) groups excluding carboxylic acids is 2. The van der Waals surface area contributed by atoms with Crippen molar-refractivity contribution in [3.63, 3.8) is 0 Å². The van der Waals surface area contributed by atoms with Gasteiger partial charge in [0.2, 0.25) is 5.91 Å². The normalized spacial score (nSPS) is 27.0. The SMILES string of the molecule is O=C(c1ccc(F)cc1)[C@H]1[C@H](c2ccc([N+](=O)[O-])cc2)[C@H]2CSCN2[C@@]12C(=O)Nc1ccccc12. The smallest absolute Gasteiger partial charge is 0.269 e. The van der Waals surface area contributed by atoms with Crippen LogP contribution in [0.15, 0.2) is 72.8 Å². The summed E-state index contributed by atoms with van der Waals surface area (Å²) >= 11 is 1.70. The van der Waals surface area contributed by atoms with E-state index >= 15 is 0 Å². The molecule has 0 unspecified atom stereocenters. The number of rotatable bonds is 4. The van der Waals surface area contributed by atoms with Crippen molar-refractivity contribution in [2.75, 3.05) is 16.9 Å². The van der Waals surface area contributed by atoms with E-state index in [9.17, 15) is 24.1 Å². The predicted molar refractivity (Wildman–Crippen MR) is 130 cm³/mol. The molecule has 1 spiro atoms. The Hall–Kier alpha value is -3.56. The van der Waals surface area contributed by atoms with Crippen LogP contribution in [0, 0.1) is 21.8 Å². The van der Waals surface area contributed by atoms with Crippen LogP contribution in [0.25, 0.3) is 0 Å². The number of fused-ring (bicyclic) bond motifs is 4. The molecule has 35 heavy (non-hydrogen) atoms. The van der Waals surface area contributed by atoms with Gasteiger partial charge in [0.05, 0.1) is 10.8 Å². The highest BCUT2D eigenvalue weighted by Crippen LogP contribution is 2.61. The maximum Gasteiger partial charge on any atom is 0.269 e. The molecule has 176 valence electrons. The number of nitrogens with zero attached hydrogens (tertiary/aromatic N) is 2. The van der Waals surface area contributed by atoms with Gasteiger partial charge in [0.25, 0.3) is 5.69 Å². The third kappa shape index (κ3) is 3.08. The van der Waals surface area contributed by atoms with E-state index < -0.39 is 22.2 Å². The third-order valence-electron chi connectivity index (χ3n) is 7.43. The number of halogens is 1. The van der Waals surface area contributed by atoms with Gasteiger partial charge < -0.3 is 5.32 Å². The molecular formula is C26H20FN3O4S. The van der Waals surface area contributed by atoms with Crippen LogP contribution in [0.5, 0.6) is 0 Å². The zero-order valence-electron chi connectivity index (χ0n) is 18.4. The Bertz CT molecular complexity index is 1360. The summed E-state index contributed by atoms with van der Waals surface area (Å²) in [6.07, 6.45) is 0. The molecule has 2 fully saturated rings. The number of thioether (sulfide) groups is 1. The lowest BCUT2D eigenvalue weighted by molar-refractivity contribution is -0.384. The number of Topliss-reactive ketones (excluding diaryl/α,β-unsaturated/α-hetero) is 1. The Morgan fingerprint density at radius 1 is 1.09 bits per heavy atom. The maximum absolute atomic E-state index is 14.2. The Kier molecular flexibility index (Phi) is 5.01. The van der Waals surface area contributed by atoms with Crippen molar-refractivity contribution in [1.29, 1.82) is 0 Å². The summed E-state index contributed by atoms with van der Waals surface area (Å²) < 4.78 is 13.7. The van der Waals surface area contributed by atoms with Crippen molar-refractivity contribution in [1.82, 2.24) is 4.90 Å². The van der Waals surface area contributed by atoms with Crippen LogP contribution < -0.4 is 5.32 Å². The predicted octanol–water partition coefficient (Wildman–Crippen LogP) is 4.55. The molecule has 9 heteroatoms. The first-order valence-electron chi connectivity index (χ1n) is 11.2. The molecule has 3 heterocycles. The molecule has 2 saturated heterocycles. The van der Waals surface area contributed by atoms with Gasteiger partial charge in [0.15, 0.2) is 5.78 Å². The number of non-ortho nitro benzene ring substituents is 1. The molecule has 1 N–H and O–H groups in total. The summed E-state index contributed by atoms with van der Waals surface area (Å²) in [5.74, 6) is -0.856. The van der Waals surface area contributed by atoms with Crippen LogP contribution in [0.2, 0.25) is 0 Å². The van der Waals surface area contributed by atoms with Gasteiger partial charge >= 0.3 is 0 Å². The van der Waals surface area contributed by atoms with Gasteiger partial charge in [0, 0.05) is 52.5 Å². The summed E-state index contributed by atoms with van der Waals surface area (Å²) in [5.41, 5.74) is 1.25. The lowest BCUT2D eigenvalue weighted by Gasteiger charge is -2.36. The summed E-state index contributed by atoms with van der Waals surface area (Å²) in [4.78, 5) is 41.0. The third-order valence-corrected chi connectivity index (χ3v) is 8.47. The zero-order valence-corrected chi connectivity index (χ0v) is 19.2. The van der Waals surface area contributed by atoms with Crippen molar-refractivity contribution in [3.8, 4) is 0 Å². The Morgan fingerprint density at radius 2 is 1.80 bits per heavy atom. The quantitative estimate of drug-likeness (QED) is 0.328. The van der Waals surface area contributed by atoms with Gasteiger partial charge in [-0.25, -0.2) is 4.39 Å². The topological polar surface area (TPSA) is 92.5 Å². The van der Waals surface area contributed by atoms with E-state index in [-0.39, 0.29) is 29.3 Å². The van der Waals surface area contributed by atoms with Crippen molar-refractivity contribution in [2.24, 2.45) is 5.92 Å². The lowest BCUT2D eigenvalue weighted by atomic mass is 9.69. The van der Waals surface area contributed by atoms with E-state index in [1.54, 1.807) is 23.9 Å². The minimum atomic E-state index is -1.23. The van der Waals surface area contributed by atoms with E-state index in [0.717, 1.165) is 11.1 Å². The standard InChI is InChI=1S/C26H20FN3O4S/c27-17-9-5-16(6-10-17)24(31)23-22(15-7-11-18(12-8-15)30(33)34)21-13-35-14-29(21)26(23)19-3-1-2-4-20(19)28-25(26)32/h1-12,21-23H,13-14H2,(H,28,32)/t21-,22-,23-,26-/m1/s1. The number of amides is 1. The maximum atomic E-state index is 14.2. The van der Waals surface area contributed by atoms with Crippen LogP contribution in [-0.2, 0) is 10.3 Å². The Labute approximate surface area is 204 Å². The number of nitrogens with one attached hydrogen (secondary N) is 1. The largest absolute Gasteiger partial charge is 0.324 e. The number of carbonyl (C=O) groups is 2. The molecule has 0 aliphatic carbocycles. The van der Waals surface area contributed by atoms with Crippen molar-refractivity contribution >= 4 is 34.8 Å². The van der Waals surface area contributed by atoms with Crippen molar-refractivity contribution < 1.29 is 18.9 Å². The molecule has 0 radical (unpaired) electrons. The minimum Gasteiger partial charge on any atom is -0.324 e. The van der Waals surface area contributed by atoms with E-state index in [1.165, 1.54) is 36.4 Å². The molecule has 0 bridgehead atoms. The molecule has 3 aliphatic rings. The molecule has 6 rings (SSSR count). The highest BCUT2D eigenvalue weighted by atomic mass is 32.2. The van der Waals surface area contributed by atoms with Crippen molar-refractivity contribution in [3.05, 3.63) is 105 Å². The monoisotopic (exact) mass is 489 g/mol. The number of nitro groups is 1. The number of para-hydroxylation sites is 1. The van der Waals surface area contributed by atoms with E-state index in [0.29, 0.717) is 22.9 Å². The molecule has 7 nitrogen and oxygen atoms in total. The van der Waals surface area contributed by atoms with Crippen LogP contribution in [0.3, 0.4) is 0 Å². The Morgan fingerprint density at radius 3 is 2.51 bits per heavy atom. The van der Waals surface area contributed by atoms with Gasteiger partial charge in [-0.15, -0.1) is 11.8 Å². The highest BCUT2D eigenvalue weighted by Gasteiger charge is 2.69. The van der Waals surface area contributed by atoms with Crippen LogP contribution in [0.4, 0.5) is 15.8 Å². The number of nitro benzene ring substituents is 1. The lowest BCUT2D eigenvalue weighted by Crippen LogP contribution is -2.52. The average molecular weight is 490 g/mol. The summed E-state index contributed by atoms with van der Waals surface area (Å²) in [5, 5.41) is 14.2. The first-order chi connectivity index (χ1) is 16.9. The number of benzene rings is 3. The van der Waals surface area contributed by atoms with E-state index in [1.807, 2.05) is 24.3 Å². The molecule has 1 amide bonds. The number of ketones is 1. The second-order valence-corrected chi connectivity index (χ2v) is 10.0. The second-order valence-electron chi connectivity index (χ2n) is 9.03. The first-order valence-corrected chi connectivity index (χ1v) is 12.4. The number of hydrogen-bond donors (Lipinski definition) is 1. The molecule has 0 saturated carbocycles. The van der Waals surface area contributed by atoms with Crippen molar-refractivity contribution in [2.45, 2.75) is 17.5 Å². The van der Waals surface area contributed by atoms with Gasteiger partial charge in [0.1, 0.15) is 11.4 Å². The fraction of sp³-hybridized carbons (Fsp3) is 0.231. The van der Waals surface area contributed by atoms with Crippen LogP contribution in [-0.4, -0.2) is 39.2 Å². The average Bonchev–Trinajstić information content (AvgIpc) is 3.52. The molecular weight excluding hydrogens is 469 g/mol.